The third-order valence-electron chi connectivity index (χ3n) is 9.61. The van der Waals surface area contributed by atoms with E-state index in [0.717, 1.165) is 6.42 Å². The summed E-state index contributed by atoms with van der Waals surface area (Å²) in [6, 6.07) is 43.3. The van der Waals surface area contributed by atoms with Gasteiger partial charge in [0.1, 0.15) is 0 Å². The Balaban J connectivity index is 1.48. The maximum atomic E-state index is 2.59. The van der Waals surface area contributed by atoms with Crippen molar-refractivity contribution in [2.45, 2.75) is 51.4 Å². The molecule has 200 valence electrons. The molecule has 0 atom stereocenters. The summed E-state index contributed by atoms with van der Waals surface area (Å²) in [5.74, 6) is 0.610. The summed E-state index contributed by atoms with van der Waals surface area (Å²) in [5, 5.41) is 0. The topological polar surface area (TPSA) is 6.48 Å². The summed E-state index contributed by atoms with van der Waals surface area (Å²) in [6.07, 6.45) is 7.59. The van der Waals surface area contributed by atoms with E-state index >= 15 is 0 Å². The first kappa shape index (κ1) is 24.6. The lowest BCUT2D eigenvalue weighted by atomic mass is 9.33. The number of rotatable bonds is 4. The normalized spacial score (nSPS) is 15.8. The lowest BCUT2D eigenvalue weighted by Crippen LogP contribution is -2.61. The first-order valence-electron chi connectivity index (χ1n) is 15.4. The number of hydrogen-bond donors (Lipinski definition) is 0. The minimum Gasteiger partial charge on any atom is -0.311 e. The van der Waals surface area contributed by atoms with Crippen molar-refractivity contribution in [2.75, 3.05) is 9.80 Å². The lowest BCUT2D eigenvalue weighted by molar-refractivity contribution is 0.444. The largest absolute Gasteiger partial charge is 0.311 e. The molecule has 0 N–H and O–H groups in total. The van der Waals surface area contributed by atoms with E-state index in [4.69, 9.17) is 0 Å². The third kappa shape index (κ3) is 3.86. The summed E-state index contributed by atoms with van der Waals surface area (Å²) in [4.78, 5) is 5.13. The van der Waals surface area contributed by atoms with Crippen LogP contribution in [0.3, 0.4) is 0 Å². The SMILES string of the molecule is CCc1ccccc1N1c2ccccc2B2c3ccccc3N(c3ccccc3)c3cc(C4CCCCC4)cc1c32. The second kappa shape index (κ2) is 9.99. The van der Waals surface area contributed by atoms with Gasteiger partial charge in [0.25, 0.3) is 6.71 Å². The summed E-state index contributed by atoms with van der Waals surface area (Å²) in [6.45, 7) is 2.47. The lowest BCUT2D eigenvalue weighted by Gasteiger charge is -2.45. The predicted molar refractivity (Wildman–Crippen MR) is 176 cm³/mol. The van der Waals surface area contributed by atoms with Gasteiger partial charge in [0, 0.05) is 34.1 Å². The van der Waals surface area contributed by atoms with E-state index in [9.17, 15) is 0 Å². The van der Waals surface area contributed by atoms with Crippen molar-refractivity contribution in [3.8, 4) is 0 Å². The molecular weight excluding hydrogens is 495 g/mol. The van der Waals surface area contributed by atoms with E-state index in [1.807, 2.05) is 0 Å². The highest BCUT2D eigenvalue weighted by Crippen LogP contribution is 2.47. The fraction of sp³-hybridized carbons (Fsp3) is 0.211. The number of para-hydroxylation sites is 4. The second-order valence-electron chi connectivity index (χ2n) is 11.8. The molecule has 3 aliphatic rings. The van der Waals surface area contributed by atoms with E-state index in [2.05, 4.69) is 132 Å². The highest BCUT2D eigenvalue weighted by molar-refractivity contribution is 7.00. The molecule has 1 saturated carbocycles. The maximum absolute atomic E-state index is 2.59. The zero-order valence-electron chi connectivity index (χ0n) is 23.8. The van der Waals surface area contributed by atoms with Gasteiger partial charge in [0.15, 0.2) is 0 Å². The molecule has 0 spiro atoms. The predicted octanol–water partition coefficient (Wildman–Crippen LogP) is 8.38. The van der Waals surface area contributed by atoms with E-state index in [1.54, 1.807) is 0 Å². The van der Waals surface area contributed by atoms with Crippen LogP contribution in [-0.2, 0) is 6.42 Å². The van der Waals surface area contributed by atoms with Gasteiger partial charge in [-0.2, -0.15) is 0 Å². The Hall–Kier alpha value is -4.24. The number of anilines is 6. The van der Waals surface area contributed by atoms with Crippen LogP contribution in [0, 0.1) is 0 Å². The Bertz CT molecular complexity index is 1740. The van der Waals surface area contributed by atoms with E-state index in [-0.39, 0.29) is 6.71 Å². The Kier molecular flexibility index (Phi) is 5.98. The molecule has 5 aromatic carbocycles. The van der Waals surface area contributed by atoms with Gasteiger partial charge in [-0.3, -0.25) is 0 Å². The van der Waals surface area contributed by atoms with Crippen molar-refractivity contribution in [2.24, 2.45) is 0 Å². The van der Waals surface area contributed by atoms with Gasteiger partial charge in [0.05, 0.1) is 0 Å². The number of nitrogens with zero attached hydrogens (tertiary/aromatic N) is 2. The fourth-order valence-corrected chi connectivity index (χ4v) is 7.73. The van der Waals surface area contributed by atoms with Crippen LogP contribution in [0.5, 0.6) is 0 Å². The Morgan fingerprint density at radius 3 is 1.83 bits per heavy atom. The molecule has 2 heterocycles. The van der Waals surface area contributed by atoms with Crippen molar-refractivity contribution < 1.29 is 0 Å². The number of hydrogen-bond acceptors (Lipinski definition) is 2. The van der Waals surface area contributed by atoms with Crippen LogP contribution >= 0.6 is 0 Å². The standard InChI is InChI=1S/C38H35BN2/c1-2-27-15-9-12-22-33(27)41-35-24-14-11-21-32(35)39-31-20-10-13-23-34(31)40(30-18-7-4-8-19-30)36-25-29(26-37(41)38(36)39)28-16-5-3-6-17-28/h4,7-15,18-26,28H,2-3,5-6,16-17H2,1H3. The molecule has 8 rings (SSSR count). The number of fused-ring (bicyclic) bond motifs is 4. The van der Waals surface area contributed by atoms with Gasteiger partial charge >= 0.3 is 0 Å². The summed E-state index contributed by atoms with van der Waals surface area (Å²) >= 11 is 0. The average Bonchev–Trinajstić information content (AvgIpc) is 3.05. The molecule has 0 amide bonds. The van der Waals surface area contributed by atoms with Gasteiger partial charge in [-0.1, -0.05) is 99.0 Å². The maximum Gasteiger partial charge on any atom is 0.252 e. The molecule has 2 nitrogen and oxygen atoms in total. The quantitative estimate of drug-likeness (QED) is 0.211. The minimum atomic E-state index is 0.192. The van der Waals surface area contributed by atoms with Crippen LogP contribution in [0.1, 0.15) is 56.1 Å². The van der Waals surface area contributed by atoms with Gasteiger partial charge < -0.3 is 9.80 Å². The Morgan fingerprint density at radius 1 is 0.585 bits per heavy atom. The van der Waals surface area contributed by atoms with Crippen molar-refractivity contribution in [3.63, 3.8) is 0 Å². The van der Waals surface area contributed by atoms with Gasteiger partial charge in [0.2, 0.25) is 0 Å². The van der Waals surface area contributed by atoms with Crippen molar-refractivity contribution in [1.29, 1.82) is 0 Å². The van der Waals surface area contributed by atoms with Crippen molar-refractivity contribution in [1.82, 2.24) is 0 Å². The number of aryl methyl sites for hydroxylation is 1. The molecular formula is C38H35BN2. The zero-order valence-corrected chi connectivity index (χ0v) is 23.8. The number of benzene rings is 5. The van der Waals surface area contributed by atoms with Crippen LogP contribution in [0.15, 0.2) is 115 Å². The van der Waals surface area contributed by atoms with Crippen LogP contribution in [-0.4, -0.2) is 6.71 Å². The van der Waals surface area contributed by atoms with Gasteiger partial charge in [-0.15, -0.1) is 0 Å². The third-order valence-corrected chi connectivity index (χ3v) is 9.61. The van der Waals surface area contributed by atoms with E-state index in [1.165, 1.54) is 93.7 Å². The van der Waals surface area contributed by atoms with Crippen LogP contribution in [0.25, 0.3) is 0 Å². The molecule has 0 unspecified atom stereocenters. The molecule has 0 saturated heterocycles. The Labute approximate surface area is 244 Å². The average molecular weight is 531 g/mol. The zero-order chi connectivity index (χ0) is 27.3. The van der Waals surface area contributed by atoms with Crippen LogP contribution in [0.4, 0.5) is 34.1 Å². The monoisotopic (exact) mass is 530 g/mol. The van der Waals surface area contributed by atoms with Crippen molar-refractivity contribution >= 4 is 57.2 Å². The molecule has 41 heavy (non-hydrogen) atoms. The minimum absolute atomic E-state index is 0.192. The second-order valence-corrected chi connectivity index (χ2v) is 11.8. The van der Waals surface area contributed by atoms with Gasteiger partial charge in [-0.25, -0.2) is 0 Å². The highest BCUT2D eigenvalue weighted by atomic mass is 15.2. The fourth-order valence-electron chi connectivity index (χ4n) is 7.73. The first-order valence-corrected chi connectivity index (χ1v) is 15.4. The van der Waals surface area contributed by atoms with Crippen molar-refractivity contribution in [3.05, 3.63) is 126 Å². The summed E-state index contributed by atoms with van der Waals surface area (Å²) in [7, 11) is 0. The molecule has 5 aromatic rings. The molecule has 3 heteroatoms. The molecule has 1 aliphatic carbocycles. The molecule has 2 aliphatic heterocycles. The first-order chi connectivity index (χ1) is 20.3. The Morgan fingerprint density at radius 2 is 1.15 bits per heavy atom. The van der Waals surface area contributed by atoms with E-state index in [0.29, 0.717) is 5.92 Å². The van der Waals surface area contributed by atoms with Crippen LogP contribution in [0.2, 0.25) is 0 Å². The summed E-state index contributed by atoms with van der Waals surface area (Å²) in [5.41, 5.74) is 14.9. The van der Waals surface area contributed by atoms with Gasteiger partial charge in [-0.05, 0) is 95.2 Å². The smallest absolute Gasteiger partial charge is 0.252 e. The highest BCUT2D eigenvalue weighted by Gasteiger charge is 2.43. The molecule has 0 aromatic heterocycles. The summed E-state index contributed by atoms with van der Waals surface area (Å²) < 4.78 is 0. The molecule has 0 bridgehead atoms. The van der Waals surface area contributed by atoms with Crippen LogP contribution < -0.4 is 26.2 Å². The van der Waals surface area contributed by atoms with E-state index < -0.39 is 0 Å². The molecule has 1 fully saturated rings. The molecule has 0 radical (unpaired) electrons.